The molecular formula is C13H15N3O3. The zero-order valence-electron chi connectivity index (χ0n) is 10.8. The van der Waals surface area contributed by atoms with Gasteiger partial charge in [-0.3, -0.25) is 10.2 Å². The van der Waals surface area contributed by atoms with Gasteiger partial charge >= 0.3 is 0 Å². The van der Waals surface area contributed by atoms with Gasteiger partial charge in [0.15, 0.2) is 0 Å². The van der Waals surface area contributed by atoms with Crippen LogP contribution in [-0.4, -0.2) is 11.1 Å². The molecular weight excluding hydrogens is 246 g/mol. The number of hydrogen-bond acceptors (Lipinski definition) is 5. The molecule has 2 rings (SSSR count). The number of carbonyl (C=O) groups excluding carboxylic acids is 1. The Morgan fingerprint density at radius 1 is 1.47 bits per heavy atom. The Balaban J connectivity index is 2.10. The molecule has 0 aliphatic rings. The van der Waals surface area contributed by atoms with Crippen molar-refractivity contribution in [1.29, 1.82) is 0 Å². The first-order valence-electron chi connectivity index (χ1n) is 5.77. The van der Waals surface area contributed by atoms with Crippen LogP contribution in [-0.2, 0) is 6.61 Å². The fourth-order valence-corrected chi connectivity index (χ4v) is 1.67. The van der Waals surface area contributed by atoms with Crippen molar-refractivity contribution >= 4 is 5.91 Å². The zero-order chi connectivity index (χ0) is 13.8. The molecule has 6 nitrogen and oxygen atoms in total. The highest BCUT2D eigenvalue weighted by Gasteiger charge is 2.10. The van der Waals surface area contributed by atoms with Gasteiger partial charge < -0.3 is 9.26 Å². The highest BCUT2D eigenvalue weighted by Crippen LogP contribution is 2.18. The van der Waals surface area contributed by atoms with Gasteiger partial charge in [0.2, 0.25) is 0 Å². The van der Waals surface area contributed by atoms with Gasteiger partial charge in [0.05, 0.1) is 11.3 Å². The topological polar surface area (TPSA) is 90.4 Å². The van der Waals surface area contributed by atoms with E-state index in [0.29, 0.717) is 17.9 Å². The number of nitrogens with zero attached hydrogens (tertiary/aromatic N) is 1. The van der Waals surface area contributed by atoms with Crippen LogP contribution >= 0.6 is 0 Å². The maximum absolute atomic E-state index is 11.4. The highest BCUT2D eigenvalue weighted by atomic mass is 16.5. The molecule has 19 heavy (non-hydrogen) atoms. The van der Waals surface area contributed by atoms with Gasteiger partial charge in [-0.05, 0) is 32.0 Å². The second-order valence-electron chi connectivity index (χ2n) is 4.09. The number of benzene rings is 1. The van der Waals surface area contributed by atoms with Crippen molar-refractivity contribution in [2.45, 2.75) is 20.5 Å². The van der Waals surface area contributed by atoms with Gasteiger partial charge in [-0.2, -0.15) is 0 Å². The summed E-state index contributed by atoms with van der Waals surface area (Å²) in [4.78, 5) is 11.4. The van der Waals surface area contributed by atoms with Crippen molar-refractivity contribution in [3.63, 3.8) is 0 Å². The third kappa shape index (κ3) is 2.92. The lowest BCUT2D eigenvalue weighted by molar-refractivity contribution is 0.0953. The Bertz CT molecular complexity index is 573. The lowest BCUT2D eigenvalue weighted by Crippen LogP contribution is -2.29. The SMILES string of the molecule is Cc1noc(C)c1COc1cccc(C(=O)NN)c1. The predicted octanol–water partition coefficient (Wildman–Crippen LogP) is 1.47. The van der Waals surface area contributed by atoms with Gasteiger partial charge in [-0.1, -0.05) is 11.2 Å². The number of nitrogen functional groups attached to an aromatic ring is 1. The van der Waals surface area contributed by atoms with Crippen molar-refractivity contribution in [2.75, 3.05) is 0 Å². The van der Waals surface area contributed by atoms with Crippen LogP contribution in [0.25, 0.3) is 0 Å². The Kier molecular flexibility index (Phi) is 3.82. The standard InChI is InChI=1S/C13H15N3O3/c1-8-12(9(2)19-16-8)7-18-11-5-3-4-10(6-11)13(17)15-14/h3-6H,7,14H2,1-2H3,(H,15,17). The minimum absolute atomic E-state index is 0.342. The average molecular weight is 261 g/mol. The van der Waals surface area contributed by atoms with E-state index in [1.165, 1.54) is 0 Å². The summed E-state index contributed by atoms with van der Waals surface area (Å²) in [5.74, 6) is 6.04. The van der Waals surface area contributed by atoms with E-state index in [1.54, 1.807) is 24.3 Å². The molecule has 6 heteroatoms. The van der Waals surface area contributed by atoms with Crippen LogP contribution in [0.2, 0.25) is 0 Å². The number of nitrogens with one attached hydrogen (secondary N) is 1. The minimum atomic E-state index is -0.359. The Hall–Kier alpha value is -2.34. The van der Waals surface area contributed by atoms with E-state index in [2.05, 4.69) is 10.6 Å². The number of aryl methyl sites for hydroxylation is 2. The molecule has 1 aromatic heterocycles. The van der Waals surface area contributed by atoms with E-state index in [0.717, 1.165) is 17.0 Å². The Morgan fingerprint density at radius 3 is 2.89 bits per heavy atom. The smallest absolute Gasteiger partial charge is 0.265 e. The van der Waals surface area contributed by atoms with Crippen LogP contribution in [0, 0.1) is 13.8 Å². The molecule has 0 aliphatic heterocycles. The number of ether oxygens (including phenoxy) is 1. The van der Waals surface area contributed by atoms with Gasteiger partial charge in [0.25, 0.3) is 5.91 Å². The summed E-state index contributed by atoms with van der Waals surface area (Å²) in [5.41, 5.74) is 4.23. The van der Waals surface area contributed by atoms with Crippen molar-refractivity contribution in [1.82, 2.24) is 10.6 Å². The van der Waals surface area contributed by atoms with Crippen molar-refractivity contribution < 1.29 is 14.1 Å². The molecule has 1 aromatic carbocycles. The summed E-state index contributed by atoms with van der Waals surface area (Å²) >= 11 is 0. The lowest BCUT2D eigenvalue weighted by atomic mass is 10.2. The number of carbonyl (C=O) groups is 1. The maximum atomic E-state index is 11.4. The third-order valence-corrected chi connectivity index (χ3v) is 2.79. The maximum Gasteiger partial charge on any atom is 0.265 e. The van der Waals surface area contributed by atoms with Crippen LogP contribution in [0.3, 0.4) is 0 Å². The summed E-state index contributed by atoms with van der Waals surface area (Å²) in [6.07, 6.45) is 0. The molecule has 0 spiro atoms. The number of hydrogen-bond donors (Lipinski definition) is 2. The molecule has 2 aromatic rings. The van der Waals surface area contributed by atoms with Crippen molar-refractivity contribution in [2.24, 2.45) is 5.84 Å². The summed E-state index contributed by atoms with van der Waals surface area (Å²) < 4.78 is 10.7. The summed E-state index contributed by atoms with van der Waals surface area (Å²) in [5, 5.41) is 3.85. The van der Waals surface area contributed by atoms with Gasteiger partial charge in [0, 0.05) is 5.56 Å². The van der Waals surface area contributed by atoms with Crippen molar-refractivity contribution in [3.8, 4) is 5.75 Å². The number of rotatable bonds is 4. The molecule has 0 fully saturated rings. The molecule has 100 valence electrons. The fraction of sp³-hybridized carbons (Fsp3) is 0.231. The van der Waals surface area contributed by atoms with Crippen LogP contribution in [0.5, 0.6) is 5.75 Å². The second-order valence-corrected chi connectivity index (χ2v) is 4.09. The second kappa shape index (κ2) is 5.53. The minimum Gasteiger partial charge on any atom is -0.489 e. The number of nitrogens with two attached hydrogens (primary N) is 1. The first kappa shape index (κ1) is 13.1. The van der Waals surface area contributed by atoms with Crippen molar-refractivity contribution in [3.05, 3.63) is 46.8 Å². The monoisotopic (exact) mass is 261 g/mol. The molecule has 0 aliphatic carbocycles. The molecule has 0 unspecified atom stereocenters. The average Bonchev–Trinajstić information content (AvgIpc) is 2.75. The summed E-state index contributed by atoms with van der Waals surface area (Å²) in [6, 6.07) is 6.78. The number of aromatic nitrogens is 1. The van der Waals surface area contributed by atoms with E-state index in [1.807, 2.05) is 13.8 Å². The molecule has 3 N–H and O–H groups in total. The van der Waals surface area contributed by atoms with Gasteiger partial charge in [-0.15, -0.1) is 0 Å². The largest absolute Gasteiger partial charge is 0.489 e. The first-order chi connectivity index (χ1) is 9.11. The highest BCUT2D eigenvalue weighted by molar-refractivity contribution is 5.94. The van der Waals surface area contributed by atoms with Gasteiger partial charge in [-0.25, -0.2) is 5.84 Å². The normalized spacial score (nSPS) is 10.3. The predicted molar refractivity (Wildman–Crippen MR) is 68.4 cm³/mol. The quantitative estimate of drug-likeness (QED) is 0.494. The van der Waals surface area contributed by atoms with Crippen LogP contribution in [0.4, 0.5) is 0 Å². The van der Waals surface area contributed by atoms with E-state index < -0.39 is 0 Å². The van der Waals surface area contributed by atoms with Crippen LogP contribution in [0.1, 0.15) is 27.4 Å². The zero-order valence-corrected chi connectivity index (χ0v) is 10.8. The van der Waals surface area contributed by atoms with Crippen LogP contribution in [0.15, 0.2) is 28.8 Å². The van der Waals surface area contributed by atoms with E-state index in [9.17, 15) is 4.79 Å². The van der Waals surface area contributed by atoms with E-state index in [4.69, 9.17) is 15.1 Å². The van der Waals surface area contributed by atoms with E-state index >= 15 is 0 Å². The molecule has 0 saturated carbocycles. The molecule has 0 atom stereocenters. The van der Waals surface area contributed by atoms with Gasteiger partial charge in [0.1, 0.15) is 18.1 Å². The Labute approximate surface area is 110 Å². The van der Waals surface area contributed by atoms with E-state index in [-0.39, 0.29) is 5.91 Å². The summed E-state index contributed by atoms with van der Waals surface area (Å²) in [7, 11) is 0. The molecule has 0 bridgehead atoms. The molecule has 0 radical (unpaired) electrons. The first-order valence-corrected chi connectivity index (χ1v) is 5.77. The van der Waals surface area contributed by atoms with Crippen LogP contribution < -0.4 is 16.0 Å². The fourth-order valence-electron chi connectivity index (χ4n) is 1.67. The number of amides is 1. The Morgan fingerprint density at radius 2 is 2.26 bits per heavy atom. The lowest BCUT2D eigenvalue weighted by Gasteiger charge is -2.07. The third-order valence-electron chi connectivity index (χ3n) is 2.79. The molecule has 0 saturated heterocycles. The number of hydrazine groups is 1. The molecule has 1 heterocycles. The summed E-state index contributed by atoms with van der Waals surface area (Å²) in [6.45, 7) is 4.03. The molecule has 1 amide bonds.